The van der Waals surface area contributed by atoms with Crippen molar-refractivity contribution < 1.29 is 19.4 Å². The fraction of sp³-hybridized carbons (Fsp3) is 0.643. The fourth-order valence-corrected chi connectivity index (χ4v) is 6.45. The molecule has 1 aromatic carbocycles. The van der Waals surface area contributed by atoms with Crippen molar-refractivity contribution in [3.8, 4) is 5.19 Å². The molecule has 204 valence electrons. The molecule has 0 radical (unpaired) electrons. The first kappa shape index (κ1) is 28.2. The number of aromatic nitrogens is 1. The number of likely N-dealkylation sites (tertiary alicyclic amines) is 1. The monoisotopic (exact) mass is 547 g/mol. The molecule has 0 aliphatic carbocycles. The molecular formula is C28H41N3O4S2. The molecule has 3 heterocycles. The van der Waals surface area contributed by atoms with Gasteiger partial charge in [-0.3, -0.25) is 0 Å². The normalized spacial score (nSPS) is 18.2. The minimum Gasteiger partial charge on any atom is -0.467 e. The Morgan fingerprint density at radius 3 is 2.59 bits per heavy atom. The molecule has 1 saturated heterocycles. The molecule has 0 bridgehead atoms. The molecular weight excluding hydrogens is 506 g/mol. The van der Waals surface area contributed by atoms with E-state index in [9.17, 15) is 9.90 Å². The Bertz CT molecular complexity index is 1100. The summed E-state index contributed by atoms with van der Waals surface area (Å²) in [5.41, 5.74) is 2.96. The molecule has 2 aliphatic heterocycles. The van der Waals surface area contributed by atoms with Crippen molar-refractivity contribution in [2.24, 2.45) is 5.41 Å². The molecule has 1 amide bonds. The average molecular weight is 548 g/mol. The van der Waals surface area contributed by atoms with Gasteiger partial charge in [0.2, 0.25) is 0 Å². The third-order valence-electron chi connectivity index (χ3n) is 6.50. The minimum absolute atomic E-state index is 0.0327. The smallest absolute Gasteiger partial charge is 0.409 e. The lowest BCUT2D eigenvalue weighted by atomic mass is 9.99. The lowest BCUT2D eigenvalue weighted by Gasteiger charge is -2.31. The number of amides is 1. The third-order valence-corrected chi connectivity index (χ3v) is 8.49. The summed E-state index contributed by atoms with van der Waals surface area (Å²) in [7, 11) is 0. The lowest BCUT2D eigenvalue weighted by Crippen LogP contribution is -2.42. The van der Waals surface area contributed by atoms with Crippen molar-refractivity contribution in [1.82, 2.24) is 14.2 Å². The molecule has 4 rings (SSSR count). The molecule has 0 unspecified atom stereocenters. The number of aliphatic hydroxyl groups is 1. The summed E-state index contributed by atoms with van der Waals surface area (Å²) in [6, 6.07) is 6.49. The molecule has 1 N–H and O–H groups in total. The number of carbonyl (C=O) groups is 1. The van der Waals surface area contributed by atoms with E-state index in [4.69, 9.17) is 14.5 Å². The summed E-state index contributed by atoms with van der Waals surface area (Å²) < 4.78 is 15.2. The Labute approximate surface area is 229 Å². The van der Waals surface area contributed by atoms with Gasteiger partial charge >= 0.3 is 6.09 Å². The average Bonchev–Trinajstić information content (AvgIpc) is 3.23. The lowest BCUT2D eigenvalue weighted by molar-refractivity contribution is 0.0497. The van der Waals surface area contributed by atoms with E-state index in [1.165, 1.54) is 11.1 Å². The van der Waals surface area contributed by atoms with Crippen molar-refractivity contribution in [2.75, 3.05) is 38.5 Å². The molecule has 2 aliphatic rings. The highest BCUT2D eigenvalue weighted by molar-refractivity contribution is 7.97. The number of ether oxygens (including phenoxy) is 2. The second kappa shape index (κ2) is 11.9. The zero-order valence-electron chi connectivity index (χ0n) is 22.8. The highest BCUT2D eigenvalue weighted by atomic mass is 32.2. The second-order valence-corrected chi connectivity index (χ2v) is 14.0. The highest BCUT2D eigenvalue weighted by Gasteiger charge is 2.27. The Morgan fingerprint density at radius 1 is 1.19 bits per heavy atom. The second-order valence-electron chi connectivity index (χ2n) is 11.8. The predicted octanol–water partition coefficient (Wildman–Crippen LogP) is 6.22. The maximum atomic E-state index is 12.3. The molecule has 9 heteroatoms. The van der Waals surface area contributed by atoms with Crippen LogP contribution in [0.15, 0.2) is 24.3 Å². The van der Waals surface area contributed by atoms with Gasteiger partial charge in [0.15, 0.2) is 0 Å². The maximum absolute atomic E-state index is 12.3. The van der Waals surface area contributed by atoms with E-state index >= 15 is 0 Å². The molecule has 0 spiro atoms. The number of hydrogen-bond acceptors (Lipinski definition) is 8. The highest BCUT2D eigenvalue weighted by Crippen LogP contribution is 2.34. The number of thiazole rings is 1. The van der Waals surface area contributed by atoms with Gasteiger partial charge in [0, 0.05) is 44.8 Å². The van der Waals surface area contributed by atoms with Gasteiger partial charge in [-0.1, -0.05) is 56.2 Å². The van der Waals surface area contributed by atoms with E-state index in [0.717, 1.165) is 54.7 Å². The van der Waals surface area contributed by atoms with Crippen molar-refractivity contribution in [2.45, 2.75) is 72.0 Å². The Hall–Kier alpha value is -1.81. The van der Waals surface area contributed by atoms with Crippen LogP contribution in [0.2, 0.25) is 0 Å². The van der Waals surface area contributed by atoms with Crippen LogP contribution in [0.5, 0.6) is 5.19 Å². The largest absolute Gasteiger partial charge is 0.467 e. The Kier molecular flexibility index (Phi) is 9.09. The first-order chi connectivity index (χ1) is 17.4. The van der Waals surface area contributed by atoms with Gasteiger partial charge in [0.1, 0.15) is 6.10 Å². The van der Waals surface area contributed by atoms with Crippen LogP contribution < -0.4 is 4.74 Å². The summed E-state index contributed by atoms with van der Waals surface area (Å²) in [5.74, 6) is 0.933. The van der Waals surface area contributed by atoms with Crippen LogP contribution in [-0.4, -0.2) is 75.6 Å². The van der Waals surface area contributed by atoms with Crippen molar-refractivity contribution in [1.29, 1.82) is 0 Å². The Balaban J connectivity index is 1.27. The summed E-state index contributed by atoms with van der Waals surface area (Å²) in [4.78, 5) is 18.8. The van der Waals surface area contributed by atoms with Gasteiger partial charge in [-0.15, -0.1) is 0 Å². The standard InChI is InChI=1S/C28H41N3O4S2/c1-27(2,3)19-34-26(32)30-13-10-22(11-14-30)35-25-29-23-7-6-21(18-24(23)37-25)20-8-15-31(16-9-20)36-17-12-28(4,5)33/h6-8,18,22,33H,9-17,19H2,1-5H3. The first-order valence-electron chi connectivity index (χ1n) is 13.2. The van der Waals surface area contributed by atoms with Gasteiger partial charge in [-0.05, 0) is 55.4 Å². The van der Waals surface area contributed by atoms with Gasteiger partial charge < -0.3 is 19.5 Å². The van der Waals surface area contributed by atoms with Gasteiger partial charge in [-0.2, -0.15) is 0 Å². The zero-order valence-corrected chi connectivity index (χ0v) is 24.4. The molecule has 2 aromatic rings. The molecule has 37 heavy (non-hydrogen) atoms. The predicted molar refractivity (Wildman–Crippen MR) is 153 cm³/mol. The molecule has 1 fully saturated rings. The quantitative estimate of drug-likeness (QED) is 0.393. The van der Waals surface area contributed by atoms with Crippen LogP contribution in [0.1, 0.15) is 65.9 Å². The van der Waals surface area contributed by atoms with E-state index in [1.807, 2.05) is 25.8 Å². The van der Waals surface area contributed by atoms with Crippen molar-refractivity contribution >= 4 is 45.2 Å². The SMILES string of the molecule is CC(C)(C)COC(=O)N1CCC(Oc2nc3ccc(C4=CCN(SCCC(C)(C)O)CC4)cc3s2)CC1. The van der Waals surface area contributed by atoms with E-state index in [1.54, 1.807) is 16.2 Å². The number of fused-ring (bicyclic) bond motifs is 1. The van der Waals surface area contributed by atoms with Crippen LogP contribution in [0.4, 0.5) is 4.79 Å². The number of nitrogens with zero attached hydrogens (tertiary/aromatic N) is 3. The number of benzene rings is 1. The number of piperidine rings is 1. The molecule has 0 atom stereocenters. The minimum atomic E-state index is -0.603. The van der Waals surface area contributed by atoms with Crippen molar-refractivity contribution in [3.05, 3.63) is 29.8 Å². The molecule has 0 saturated carbocycles. The summed E-state index contributed by atoms with van der Waals surface area (Å²) in [6.07, 6.45) is 5.52. The van der Waals surface area contributed by atoms with Gasteiger partial charge in [-0.25, -0.2) is 14.1 Å². The summed E-state index contributed by atoms with van der Waals surface area (Å²) >= 11 is 3.42. The number of rotatable bonds is 8. The van der Waals surface area contributed by atoms with Crippen LogP contribution in [0.25, 0.3) is 15.8 Å². The molecule has 1 aromatic heterocycles. The summed E-state index contributed by atoms with van der Waals surface area (Å²) in [6.45, 7) is 13.5. The number of hydrogen-bond donors (Lipinski definition) is 1. The van der Waals surface area contributed by atoms with Gasteiger partial charge in [0.25, 0.3) is 5.19 Å². The van der Waals surface area contributed by atoms with Gasteiger partial charge in [0.05, 0.1) is 22.4 Å². The van der Waals surface area contributed by atoms with Crippen LogP contribution in [-0.2, 0) is 4.74 Å². The third kappa shape index (κ3) is 8.60. The van der Waals surface area contributed by atoms with E-state index in [2.05, 4.69) is 49.4 Å². The summed E-state index contributed by atoms with van der Waals surface area (Å²) in [5, 5.41) is 10.6. The van der Waals surface area contributed by atoms with Crippen LogP contribution in [0.3, 0.4) is 0 Å². The van der Waals surface area contributed by atoms with E-state index < -0.39 is 5.60 Å². The Morgan fingerprint density at radius 2 is 1.95 bits per heavy atom. The van der Waals surface area contributed by atoms with Crippen LogP contribution in [0, 0.1) is 5.41 Å². The molecule has 7 nitrogen and oxygen atoms in total. The van der Waals surface area contributed by atoms with Crippen LogP contribution >= 0.6 is 23.3 Å². The maximum Gasteiger partial charge on any atom is 0.409 e. The van der Waals surface area contributed by atoms with Crippen molar-refractivity contribution in [3.63, 3.8) is 0 Å². The zero-order chi connectivity index (χ0) is 26.6. The van der Waals surface area contributed by atoms with E-state index in [-0.39, 0.29) is 17.6 Å². The van der Waals surface area contributed by atoms with E-state index in [0.29, 0.717) is 24.9 Å². The number of carbonyl (C=O) groups excluding carboxylic acids is 1. The topological polar surface area (TPSA) is 75.1 Å². The fourth-order valence-electron chi connectivity index (χ4n) is 4.28. The first-order valence-corrected chi connectivity index (χ1v) is 15.0.